The van der Waals surface area contributed by atoms with Crippen molar-refractivity contribution < 1.29 is 27.7 Å². The Kier molecular flexibility index (Phi) is 5.99. The van der Waals surface area contributed by atoms with Crippen LogP contribution in [-0.2, 0) is 16.4 Å². The van der Waals surface area contributed by atoms with Gasteiger partial charge in [-0.05, 0) is 42.5 Å². The molecule has 2 aromatic rings. The van der Waals surface area contributed by atoms with Crippen LogP contribution < -0.4 is 10.6 Å². The molecular weight excluding hydrogens is 427 g/mol. The van der Waals surface area contributed by atoms with Crippen molar-refractivity contribution in [1.29, 1.82) is 0 Å². The third kappa shape index (κ3) is 5.24. The molecule has 1 aliphatic rings. The lowest BCUT2D eigenvalue weighted by Crippen LogP contribution is -2.19. The molecular formula is C22H22F3N3O4. The minimum Gasteiger partial charge on any atom is -0.326 e. The SMILES string of the molecule is CC(C)(C)c1ccc(C(=O)Nc2ccc(NC(=O)C3CC3)cc2C(F)(F)F)cc1[N+](=O)[O-]. The normalized spacial score (nSPS) is 14.1. The molecule has 170 valence electrons. The van der Waals surface area contributed by atoms with Gasteiger partial charge in [-0.1, -0.05) is 26.8 Å². The predicted molar refractivity (Wildman–Crippen MR) is 113 cm³/mol. The molecule has 0 aliphatic heterocycles. The van der Waals surface area contributed by atoms with E-state index in [1.165, 1.54) is 18.2 Å². The second-order valence-electron chi connectivity index (χ2n) is 8.71. The van der Waals surface area contributed by atoms with E-state index in [1.807, 2.05) is 0 Å². The van der Waals surface area contributed by atoms with Crippen LogP contribution in [0, 0.1) is 16.0 Å². The number of benzene rings is 2. The highest BCUT2D eigenvalue weighted by Crippen LogP contribution is 2.38. The zero-order valence-electron chi connectivity index (χ0n) is 17.7. The molecule has 0 radical (unpaired) electrons. The first-order valence-corrected chi connectivity index (χ1v) is 9.90. The summed E-state index contributed by atoms with van der Waals surface area (Å²) in [6, 6.07) is 6.86. The average molecular weight is 449 g/mol. The average Bonchev–Trinajstić information content (AvgIpc) is 3.52. The Hall–Kier alpha value is -3.43. The minimum atomic E-state index is -4.80. The number of hydrogen-bond donors (Lipinski definition) is 2. The van der Waals surface area contributed by atoms with Crippen LogP contribution in [0.2, 0.25) is 0 Å². The second-order valence-corrected chi connectivity index (χ2v) is 8.71. The molecule has 0 spiro atoms. The Labute approximate surface area is 182 Å². The van der Waals surface area contributed by atoms with Crippen molar-refractivity contribution in [2.45, 2.75) is 45.2 Å². The molecule has 0 aromatic heterocycles. The summed E-state index contributed by atoms with van der Waals surface area (Å²) < 4.78 is 40.8. The van der Waals surface area contributed by atoms with E-state index in [0.717, 1.165) is 18.2 Å². The molecule has 1 saturated carbocycles. The van der Waals surface area contributed by atoms with E-state index in [-0.39, 0.29) is 28.8 Å². The fourth-order valence-corrected chi connectivity index (χ4v) is 3.21. The largest absolute Gasteiger partial charge is 0.418 e. The second kappa shape index (κ2) is 8.25. The first-order valence-electron chi connectivity index (χ1n) is 9.90. The first-order chi connectivity index (χ1) is 14.8. The maximum atomic E-state index is 13.6. The summed E-state index contributed by atoms with van der Waals surface area (Å²) in [4.78, 5) is 35.3. The van der Waals surface area contributed by atoms with Gasteiger partial charge in [0.2, 0.25) is 5.91 Å². The van der Waals surface area contributed by atoms with Crippen molar-refractivity contribution in [1.82, 2.24) is 0 Å². The number of amides is 2. The lowest BCUT2D eigenvalue weighted by atomic mass is 9.85. The fraction of sp³-hybridized carbons (Fsp3) is 0.364. The topological polar surface area (TPSA) is 101 Å². The highest BCUT2D eigenvalue weighted by atomic mass is 19.4. The van der Waals surface area contributed by atoms with Crippen LogP contribution in [0.15, 0.2) is 36.4 Å². The summed E-state index contributed by atoms with van der Waals surface area (Å²) in [6.45, 7) is 5.32. The van der Waals surface area contributed by atoms with Crippen LogP contribution in [0.3, 0.4) is 0 Å². The Balaban J connectivity index is 1.90. The summed E-state index contributed by atoms with van der Waals surface area (Å²) in [7, 11) is 0. The molecule has 3 rings (SSSR count). The van der Waals surface area contributed by atoms with Crippen LogP contribution in [-0.4, -0.2) is 16.7 Å². The Morgan fingerprint density at radius 1 is 1.00 bits per heavy atom. The van der Waals surface area contributed by atoms with Gasteiger partial charge in [-0.3, -0.25) is 19.7 Å². The highest BCUT2D eigenvalue weighted by molar-refractivity contribution is 6.05. The zero-order chi connectivity index (χ0) is 23.8. The number of carbonyl (C=O) groups excluding carboxylic acids is 2. The summed E-state index contributed by atoms with van der Waals surface area (Å²) in [5, 5.41) is 16.1. The van der Waals surface area contributed by atoms with E-state index >= 15 is 0 Å². The number of nitrogens with zero attached hydrogens (tertiary/aromatic N) is 1. The van der Waals surface area contributed by atoms with Gasteiger partial charge in [-0.15, -0.1) is 0 Å². The van der Waals surface area contributed by atoms with E-state index in [9.17, 15) is 32.9 Å². The van der Waals surface area contributed by atoms with Crippen molar-refractivity contribution in [2.24, 2.45) is 5.92 Å². The number of nitro benzene ring substituents is 1. The van der Waals surface area contributed by atoms with Crippen molar-refractivity contribution in [3.05, 3.63) is 63.2 Å². The molecule has 1 fully saturated rings. The first kappa shape index (κ1) is 23.2. The maximum absolute atomic E-state index is 13.6. The number of rotatable bonds is 5. The minimum absolute atomic E-state index is 0.0302. The van der Waals surface area contributed by atoms with E-state index in [0.29, 0.717) is 18.4 Å². The van der Waals surface area contributed by atoms with Gasteiger partial charge in [0.1, 0.15) is 0 Å². The number of halogens is 3. The van der Waals surface area contributed by atoms with Gasteiger partial charge < -0.3 is 10.6 Å². The van der Waals surface area contributed by atoms with Crippen molar-refractivity contribution in [2.75, 3.05) is 10.6 Å². The third-order valence-electron chi connectivity index (χ3n) is 5.05. The molecule has 2 N–H and O–H groups in total. The molecule has 0 unspecified atom stereocenters. The molecule has 0 bridgehead atoms. The number of alkyl halides is 3. The van der Waals surface area contributed by atoms with Gasteiger partial charge in [0, 0.05) is 28.8 Å². The van der Waals surface area contributed by atoms with Gasteiger partial charge in [-0.2, -0.15) is 13.2 Å². The van der Waals surface area contributed by atoms with Crippen molar-refractivity contribution in [3.8, 4) is 0 Å². The number of anilines is 2. The third-order valence-corrected chi connectivity index (χ3v) is 5.05. The molecule has 32 heavy (non-hydrogen) atoms. The van der Waals surface area contributed by atoms with Gasteiger partial charge in [-0.25, -0.2) is 0 Å². The van der Waals surface area contributed by atoms with Crippen LogP contribution in [0.25, 0.3) is 0 Å². The van der Waals surface area contributed by atoms with Gasteiger partial charge in [0.25, 0.3) is 11.6 Å². The Morgan fingerprint density at radius 3 is 2.19 bits per heavy atom. The smallest absolute Gasteiger partial charge is 0.326 e. The molecule has 10 heteroatoms. The van der Waals surface area contributed by atoms with Crippen molar-refractivity contribution in [3.63, 3.8) is 0 Å². The molecule has 2 aromatic carbocycles. The number of carbonyl (C=O) groups is 2. The highest BCUT2D eigenvalue weighted by Gasteiger charge is 2.35. The van der Waals surface area contributed by atoms with E-state index in [4.69, 9.17) is 0 Å². The Bertz CT molecular complexity index is 1090. The summed E-state index contributed by atoms with van der Waals surface area (Å²) in [5.41, 5.74) is -2.30. The van der Waals surface area contributed by atoms with Gasteiger partial charge in [0.15, 0.2) is 0 Å². The summed E-state index contributed by atoms with van der Waals surface area (Å²) in [5.74, 6) is -1.45. The van der Waals surface area contributed by atoms with Crippen LogP contribution >= 0.6 is 0 Å². The quantitative estimate of drug-likeness (QED) is 0.464. The molecule has 0 saturated heterocycles. The van der Waals surface area contributed by atoms with Gasteiger partial charge >= 0.3 is 6.18 Å². The van der Waals surface area contributed by atoms with Crippen molar-refractivity contribution >= 4 is 28.9 Å². The van der Waals surface area contributed by atoms with Crippen LogP contribution in [0.5, 0.6) is 0 Å². The van der Waals surface area contributed by atoms with Crippen LogP contribution in [0.1, 0.15) is 55.1 Å². The lowest BCUT2D eigenvalue weighted by Gasteiger charge is -2.19. The number of nitro groups is 1. The van der Waals surface area contributed by atoms with E-state index < -0.39 is 33.7 Å². The lowest BCUT2D eigenvalue weighted by molar-refractivity contribution is -0.386. The van der Waals surface area contributed by atoms with E-state index in [1.54, 1.807) is 20.8 Å². The van der Waals surface area contributed by atoms with Gasteiger partial charge in [0.05, 0.1) is 16.2 Å². The predicted octanol–water partition coefficient (Wildman–Crippen LogP) is 5.51. The molecule has 0 atom stereocenters. The van der Waals surface area contributed by atoms with Crippen LogP contribution in [0.4, 0.5) is 30.2 Å². The molecule has 7 nitrogen and oxygen atoms in total. The summed E-state index contributed by atoms with van der Waals surface area (Å²) in [6.07, 6.45) is -3.40. The summed E-state index contributed by atoms with van der Waals surface area (Å²) >= 11 is 0. The fourth-order valence-electron chi connectivity index (χ4n) is 3.21. The van der Waals surface area contributed by atoms with E-state index in [2.05, 4.69) is 10.6 Å². The molecule has 1 aliphatic carbocycles. The zero-order valence-corrected chi connectivity index (χ0v) is 17.7. The monoisotopic (exact) mass is 449 g/mol. The molecule has 2 amide bonds. The maximum Gasteiger partial charge on any atom is 0.418 e. The number of hydrogen-bond acceptors (Lipinski definition) is 4. The molecule has 0 heterocycles. The standard InChI is InChI=1S/C22H22F3N3O4/c1-21(2,3)15-8-6-13(10-18(15)28(31)32)20(30)27-17-9-7-14(11-16(17)22(23,24)25)26-19(29)12-4-5-12/h6-12H,4-5H2,1-3H3,(H,26,29)(H,27,30). The number of nitrogens with one attached hydrogen (secondary N) is 2. The Morgan fingerprint density at radius 2 is 1.66 bits per heavy atom.